The minimum atomic E-state index is -1.17. The van der Waals surface area contributed by atoms with Crippen LogP contribution in [0.25, 0.3) is 11.1 Å². The van der Waals surface area contributed by atoms with E-state index in [0.29, 0.717) is 11.1 Å². The fourth-order valence-electron chi connectivity index (χ4n) is 2.60. The number of aliphatic carboxylic acids is 1. The number of nitrogens with zero attached hydrogens (tertiary/aromatic N) is 1. The second-order valence-electron chi connectivity index (χ2n) is 5.77. The zero-order valence-electron chi connectivity index (χ0n) is 14.5. The van der Waals surface area contributed by atoms with Crippen molar-refractivity contribution in [2.75, 3.05) is 26.8 Å². The van der Waals surface area contributed by atoms with Crippen molar-refractivity contribution in [3.63, 3.8) is 0 Å². The molecule has 0 spiro atoms. The van der Waals surface area contributed by atoms with Crippen LogP contribution in [0.5, 0.6) is 0 Å². The number of benzene rings is 2. The lowest BCUT2D eigenvalue weighted by Crippen LogP contribution is -2.38. The van der Waals surface area contributed by atoms with Gasteiger partial charge in [0.05, 0.1) is 6.61 Å². The summed E-state index contributed by atoms with van der Waals surface area (Å²) >= 11 is 0. The highest BCUT2D eigenvalue weighted by Crippen LogP contribution is 2.27. The van der Waals surface area contributed by atoms with Gasteiger partial charge in [-0.05, 0) is 42.3 Å². The second-order valence-corrected chi connectivity index (χ2v) is 5.77. The van der Waals surface area contributed by atoms with Gasteiger partial charge in [-0.15, -0.1) is 0 Å². The lowest BCUT2D eigenvalue weighted by molar-refractivity contribution is -0.137. The summed E-state index contributed by atoms with van der Waals surface area (Å²) in [6, 6.07) is 7.92. The van der Waals surface area contributed by atoms with E-state index >= 15 is 0 Å². The smallest absolute Gasteiger partial charge is 0.323 e. The Hall–Kier alpha value is -2.80. The Morgan fingerprint density at radius 1 is 1.12 bits per heavy atom. The number of halogens is 2. The molecule has 5 nitrogen and oxygen atoms in total. The minimum absolute atomic E-state index is 0.0309. The summed E-state index contributed by atoms with van der Waals surface area (Å²) in [5.41, 5.74) is 1.35. The zero-order valence-corrected chi connectivity index (χ0v) is 14.5. The highest BCUT2D eigenvalue weighted by Gasteiger charge is 2.20. The van der Waals surface area contributed by atoms with Crippen molar-refractivity contribution >= 4 is 11.9 Å². The van der Waals surface area contributed by atoms with Crippen molar-refractivity contribution < 1.29 is 28.2 Å². The molecule has 0 bridgehead atoms. The summed E-state index contributed by atoms with van der Waals surface area (Å²) in [4.78, 5) is 24.5. The van der Waals surface area contributed by atoms with Gasteiger partial charge in [-0.1, -0.05) is 12.1 Å². The monoisotopic (exact) mass is 363 g/mol. The molecule has 0 fully saturated rings. The van der Waals surface area contributed by atoms with Gasteiger partial charge < -0.3 is 14.7 Å². The van der Waals surface area contributed by atoms with E-state index in [-0.39, 0.29) is 24.3 Å². The average molecular weight is 363 g/mol. The van der Waals surface area contributed by atoms with E-state index in [9.17, 15) is 18.4 Å². The predicted octanol–water partition coefficient (Wildman–Crippen LogP) is 3.11. The van der Waals surface area contributed by atoms with Crippen LogP contribution in [0.1, 0.15) is 15.9 Å². The zero-order chi connectivity index (χ0) is 19.3. The highest BCUT2D eigenvalue weighted by atomic mass is 19.1. The van der Waals surface area contributed by atoms with E-state index in [1.54, 1.807) is 6.92 Å². The number of amides is 1. The molecule has 26 heavy (non-hydrogen) atoms. The molecule has 0 saturated carbocycles. The summed E-state index contributed by atoms with van der Waals surface area (Å²) in [5.74, 6) is -2.84. The van der Waals surface area contributed by atoms with Gasteiger partial charge >= 0.3 is 5.97 Å². The van der Waals surface area contributed by atoms with E-state index in [2.05, 4.69) is 0 Å². The quantitative estimate of drug-likeness (QED) is 0.821. The highest BCUT2D eigenvalue weighted by molar-refractivity contribution is 5.96. The van der Waals surface area contributed by atoms with Crippen molar-refractivity contribution in [1.82, 2.24) is 4.90 Å². The average Bonchev–Trinajstić information content (AvgIpc) is 2.58. The van der Waals surface area contributed by atoms with E-state index in [1.165, 1.54) is 37.4 Å². The molecule has 0 atom stereocenters. The number of rotatable bonds is 7. The SMILES string of the molecule is COCCN(CC(=O)O)C(=O)c1ccc(-c2ccc(F)cc2C)c(F)c1. The van der Waals surface area contributed by atoms with Crippen LogP contribution in [0.2, 0.25) is 0 Å². The van der Waals surface area contributed by atoms with Crippen LogP contribution in [0.3, 0.4) is 0 Å². The molecule has 0 aliphatic rings. The minimum Gasteiger partial charge on any atom is -0.480 e. The number of methoxy groups -OCH3 is 1. The maximum absolute atomic E-state index is 14.5. The van der Waals surface area contributed by atoms with Crippen molar-refractivity contribution in [2.24, 2.45) is 0 Å². The van der Waals surface area contributed by atoms with Crippen LogP contribution in [-0.2, 0) is 9.53 Å². The molecule has 0 aromatic heterocycles. The van der Waals surface area contributed by atoms with Gasteiger partial charge in [0.1, 0.15) is 18.2 Å². The Morgan fingerprint density at radius 2 is 1.81 bits per heavy atom. The van der Waals surface area contributed by atoms with Crippen LogP contribution in [-0.4, -0.2) is 48.7 Å². The van der Waals surface area contributed by atoms with E-state index in [1.807, 2.05) is 0 Å². The van der Waals surface area contributed by atoms with Crippen LogP contribution in [0.15, 0.2) is 36.4 Å². The first-order valence-electron chi connectivity index (χ1n) is 7.89. The summed E-state index contributed by atoms with van der Waals surface area (Å²) in [7, 11) is 1.43. The molecular formula is C19H19F2NO4. The van der Waals surface area contributed by atoms with Gasteiger partial charge in [-0.25, -0.2) is 8.78 Å². The lowest BCUT2D eigenvalue weighted by atomic mass is 9.98. The van der Waals surface area contributed by atoms with Crippen LogP contribution >= 0.6 is 0 Å². The van der Waals surface area contributed by atoms with E-state index < -0.39 is 30.1 Å². The first-order chi connectivity index (χ1) is 12.3. The van der Waals surface area contributed by atoms with Gasteiger partial charge in [-0.3, -0.25) is 9.59 Å². The molecule has 1 amide bonds. The Bertz CT molecular complexity index is 823. The molecule has 2 aromatic carbocycles. The molecule has 7 heteroatoms. The second kappa shape index (κ2) is 8.53. The number of carbonyl (C=O) groups excluding carboxylic acids is 1. The fourth-order valence-corrected chi connectivity index (χ4v) is 2.60. The van der Waals surface area contributed by atoms with Gasteiger partial charge in [0, 0.05) is 24.8 Å². The Balaban J connectivity index is 2.32. The molecule has 0 heterocycles. The molecule has 0 aliphatic heterocycles. The molecule has 0 saturated heterocycles. The number of carboxylic acid groups (broad SMARTS) is 1. The van der Waals surface area contributed by atoms with Gasteiger partial charge in [0.25, 0.3) is 5.91 Å². The molecular weight excluding hydrogens is 344 g/mol. The van der Waals surface area contributed by atoms with Crippen molar-refractivity contribution in [3.05, 3.63) is 59.2 Å². The molecule has 0 unspecified atom stereocenters. The maximum atomic E-state index is 14.5. The molecule has 2 aromatic rings. The number of hydrogen-bond acceptors (Lipinski definition) is 3. The third kappa shape index (κ3) is 4.64. The number of hydrogen-bond donors (Lipinski definition) is 1. The largest absolute Gasteiger partial charge is 0.480 e. The number of carbonyl (C=O) groups is 2. The number of ether oxygens (including phenoxy) is 1. The molecule has 0 radical (unpaired) electrons. The fraction of sp³-hybridized carbons (Fsp3) is 0.263. The van der Waals surface area contributed by atoms with Crippen molar-refractivity contribution in [3.8, 4) is 11.1 Å². The van der Waals surface area contributed by atoms with E-state index in [4.69, 9.17) is 9.84 Å². The molecule has 0 aliphatic carbocycles. The molecule has 138 valence electrons. The van der Waals surface area contributed by atoms with Gasteiger partial charge in [0.2, 0.25) is 0 Å². The topological polar surface area (TPSA) is 66.8 Å². The Morgan fingerprint density at radius 3 is 2.38 bits per heavy atom. The normalized spacial score (nSPS) is 10.6. The van der Waals surface area contributed by atoms with Crippen LogP contribution < -0.4 is 0 Å². The first-order valence-corrected chi connectivity index (χ1v) is 7.89. The van der Waals surface area contributed by atoms with Gasteiger partial charge in [0.15, 0.2) is 0 Å². The Kier molecular flexibility index (Phi) is 6.41. The standard InChI is InChI=1S/C19H19F2NO4/c1-12-9-14(20)4-6-15(12)16-5-3-13(10-17(16)21)19(25)22(7-8-26-2)11-18(23)24/h3-6,9-10H,7-8,11H2,1-2H3,(H,23,24). The van der Waals surface area contributed by atoms with Crippen molar-refractivity contribution in [2.45, 2.75) is 6.92 Å². The van der Waals surface area contributed by atoms with Gasteiger partial charge in [-0.2, -0.15) is 0 Å². The molecule has 2 rings (SSSR count). The maximum Gasteiger partial charge on any atom is 0.323 e. The third-order valence-corrected chi connectivity index (χ3v) is 3.87. The van der Waals surface area contributed by atoms with E-state index in [0.717, 1.165) is 11.0 Å². The van der Waals surface area contributed by atoms with Crippen LogP contribution in [0.4, 0.5) is 8.78 Å². The third-order valence-electron chi connectivity index (χ3n) is 3.87. The first kappa shape index (κ1) is 19.5. The number of aryl methyl sites for hydroxylation is 1. The molecule has 1 N–H and O–H groups in total. The predicted molar refractivity (Wildman–Crippen MR) is 91.9 cm³/mol. The van der Waals surface area contributed by atoms with Crippen molar-refractivity contribution in [1.29, 1.82) is 0 Å². The Labute approximate surface area is 149 Å². The summed E-state index contributed by atoms with van der Waals surface area (Å²) in [6.07, 6.45) is 0. The lowest BCUT2D eigenvalue weighted by Gasteiger charge is -2.20. The summed E-state index contributed by atoms with van der Waals surface area (Å²) < 4.78 is 32.6. The summed E-state index contributed by atoms with van der Waals surface area (Å²) in [6.45, 7) is 1.38. The van der Waals surface area contributed by atoms with Crippen LogP contribution in [0, 0.1) is 18.6 Å². The number of carboxylic acids is 1. The summed E-state index contributed by atoms with van der Waals surface area (Å²) in [5, 5.41) is 8.94.